The number of carboxylic acid groups (broad SMARTS) is 1. The molecule has 21 heavy (non-hydrogen) atoms. The van der Waals surface area contributed by atoms with Crippen LogP contribution in [-0.2, 0) is 17.8 Å². The predicted octanol–water partition coefficient (Wildman–Crippen LogP) is 3.30. The Morgan fingerprint density at radius 1 is 1.14 bits per heavy atom. The van der Waals surface area contributed by atoms with Crippen LogP contribution >= 0.6 is 0 Å². The average Bonchev–Trinajstić information content (AvgIpc) is 3.08. The lowest BCUT2D eigenvalue weighted by Crippen LogP contribution is -2.02. The summed E-state index contributed by atoms with van der Waals surface area (Å²) < 4.78 is 5.94. The molecular weight excluding hydrogens is 264 g/mol. The smallest absolute Gasteiger partial charge is 0.332 e. The number of carboxylic acids is 1. The molecule has 0 saturated carbocycles. The van der Waals surface area contributed by atoms with Crippen molar-refractivity contribution in [1.29, 1.82) is 0 Å². The monoisotopic (exact) mass is 278 g/mol. The molecule has 104 valence electrons. The van der Waals surface area contributed by atoms with Crippen molar-refractivity contribution in [2.24, 2.45) is 0 Å². The van der Waals surface area contributed by atoms with Gasteiger partial charge in [-0.25, -0.2) is 4.79 Å². The van der Waals surface area contributed by atoms with E-state index in [0.29, 0.717) is 12.2 Å². The number of aliphatic carboxylic acids is 1. The Balaban J connectivity index is 1.59. The minimum absolute atomic E-state index is 0.00975. The average molecular weight is 278 g/mol. The largest absolute Gasteiger partial charge is 0.489 e. The molecule has 0 heterocycles. The number of allylic oxidation sites excluding steroid dienone is 1. The first kappa shape index (κ1) is 12.2. The number of carbonyl (C=O) groups is 1. The Labute approximate surface area is 122 Å². The highest BCUT2D eigenvalue weighted by molar-refractivity contribution is 5.99. The Morgan fingerprint density at radius 3 is 2.71 bits per heavy atom. The second kappa shape index (κ2) is 4.48. The lowest BCUT2D eigenvalue weighted by atomic mass is 10.0. The molecule has 0 fully saturated rings. The summed E-state index contributed by atoms with van der Waals surface area (Å²) in [6, 6.07) is 16.0. The highest BCUT2D eigenvalue weighted by Crippen LogP contribution is 2.58. The third-order valence-electron chi connectivity index (χ3n) is 4.19. The zero-order chi connectivity index (χ0) is 14.4. The Hall–Kier alpha value is -2.55. The molecule has 0 bridgehead atoms. The van der Waals surface area contributed by atoms with Crippen LogP contribution in [-0.4, -0.2) is 11.1 Å². The second-order valence-electron chi connectivity index (χ2n) is 5.46. The van der Waals surface area contributed by atoms with E-state index < -0.39 is 5.97 Å². The molecule has 1 N–H and O–H groups in total. The summed E-state index contributed by atoms with van der Waals surface area (Å²) in [5, 5.41) is 9.18. The fourth-order valence-corrected chi connectivity index (χ4v) is 3.18. The first-order valence-electron chi connectivity index (χ1n) is 7.00. The third kappa shape index (κ3) is 1.93. The minimum Gasteiger partial charge on any atom is -0.489 e. The Bertz CT molecular complexity index is 759. The second-order valence-corrected chi connectivity index (χ2v) is 5.46. The van der Waals surface area contributed by atoms with Gasteiger partial charge in [0.1, 0.15) is 12.4 Å². The summed E-state index contributed by atoms with van der Waals surface area (Å²) in [5.74, 6) is 0.00980. The van der Waals surface area contributed by atoms with Gasteiger partial charge in [-0.05, 0) is 29.2 Å². The number of benzene rings is 2. The van der Waals surface area contributed by atoms with Gasteiger partial charge in [0.25, 0.3) is 0 Å². The molecule has 0 radical (unpaired) electrons. The zero-order valence-electron chi connectivity index (χ0n) is 11.4. The van der Waals surface area contributed by atoms with Crippen LogP contribution in [0.3, 0.4) is 0 Å². The lowest BCUT2D eigenvalue weighted by molar-refractivity contribution is -0.132. The molecule has 3 heteroatoms. The molecule has 1 unspecified atom stereocenters. The van der Waals surface area contributed by atoms with E-state index in [1.54, 1.807) is 0 Å². The van der Waals surface area contributed by atoms with Gasteiger partial charge in [0, 0.05) is 17.1 Å². The third-order valence-corrected chi connectivity index (χ3v) is 4.19. The van der Waals surface area contributed by atoms with E-state index in [1.165, 1.54) is 5.56 Å². The van der Waals surface area contributed by atoms with Crippen molar-refractivity contribution >= 4 is 5.97 Å². The molecule has 0 spiro atoms. The van der Waals surface area contributed by atoms with Crippen LogP contribution in [0.5, 0.6) is 5.75 Å². The van der Waals surface area contributed by atoms with Crippen LogP contribution < -0.4 is 4.74 Å². The van der Waals surface area contributed by atoms with Crippen LogP contribution in [0.2, 0.25) is 0 Å². The van der Waals surface area contributed by atoms with Gasteiger partial charge < -0.3 is 9.84 Å². The molecule has 0 aliphatic heterocycles. The quantitative estimate of drug-likeness (QED) is 0.933. The van der Waals surface area contributed by atoms with Crippen LogP contribution in [0.15, 0.2) is 59.7 Å². The molecule has 2 aliphatic rings. The van der Waals surface area contributed by atoms with Crippen LogP contribution in [0, 0.1) is 0 Å². The molecule has 0 aromatic heterocycles. The van der Waals surface area contributed by atoms with Gasteiger partial charge in [0.05, 0.1) is 0 Å². The first-order chi connectivity index (χ1) is 10.3. The van der Waals surface area contributed by atoms with E-state index in [2.05, 4.69) is 6.07 Å². The number of rotatable bonds is 4. The van der Waals surface area contributed by atoms with E-state index >= 15 is 0 Å². The fraction of sp³-hybridized carbons (Fsp3) is 0.167. The van der Waals surface area contributed by atoms with E-state index in [1.807, 2.05) is 42.5 Å². The van der Waals surface area contributed by atoms with Crippen molar-refractivity contribution in [2.75, 3.05) is 0 Å². The van der Waals surface area contributed by atoms with Crippen molar-refractivity contribution in [3.63, 3.8) is 0 Å². The summed E-state index contributed by atoms with van der Waals surface area (Å²) in [7, 11) is 0. The molecule has 3 nitrogen and oxygen atoms in total. The van der Waals surface area contributed by atoms with Gasteiger partial charge in [-0.1, -0.05) is 42.5 Å². The summed E-state index contributed by atoms with van der Waals surface area (Å²) in [6.07, 6.45) is 0.754. The predicted molar refractivity (Wildman–Crippen MR) is 78.3 cm³/mol. The molecule has 2 aromatic rings. The van der Waals surface area contributed by atoms with Crippen molar-refractivity contribution in [3.8, 4) is 5.75 Å². The lowest BCUT2D eigenvalue weighted by Gasteiger charge is -2.12. The van der Waals surface area contributed by atoms with Crippen molar-refractivity contribution < 1.29 is 14.6 Å². The molecule has 0 amide bonds. The topological polar surface area (TPSA) is 46.5 Å². The number of fused-ring (bicyclic) bond motifs is 3. The summed E-state index contributed by atoms with van der Waals surface area (Å²) in [5.41, 5.74) is 4.98. The van der Waals surface area contributed by atoms with Gasteiger partial charge >= 0.3 is 5.97 Å². The Morgan fingerprint density at radius 2 is 1.95 bits per heavy atom. The van der Waals surface area contributed by atoms with Gasteiger partial charge in [0.15, 0.2) is 0 Å². The van der Waals surface area contributed by atoms with Gasteiger partial charge in [0.2, 0.25) is 0 Å². The maximum Gasteiger partial charge on any atom is 0.332 e. The maximum absolute atomic E-state index is 11.2. The minimum atomic E-state index is -0.793. The molecule has 4 rings (SSSR count). The molecule has 1 atom stereocenters. The van der Waals surface area contributed by atoms with E-state index in [0.717, 1.165) is 28.9 Å². The SMILES string of the molecule is O=C(O)C1=C2Cc3cccc(OCc4ccccc4)c3C21. The number of hydrogen-bond acceptors (Lipinski definition) is 2. The van der Waals surface area contributed by atoms with Crippen LogP contribution in [0.4, 0.5) is 0 Å². The molecule has 2 aromatic carbocycles. The summed E-state index contributed by atoms with van der Waals surface area (Å²) in [6.45, 7) is 0.502. The van der Waals surface area contributed by atoms with Gasteiger partial charge in [-0.3, -0.25) is 0 Å². The standard InChI is InChI=1S/C18H14O3/c19-18(20)17-13-9-12-7-4-8-14(15(12)16(13)17)21-10-11-5-2-1-3-6-11/h1-8,16H,9-10H2,(H,19,20). The molecule has 0 saturated heterocycles. The molecular formula is C18H14O3. The van der Waals surface area contributed by atoms with Crippen molar-refractivity contribution in [2.45, 2.75) is 18.9 Å². The van der Waals surface area contributed by atoms with Crippen molar-refractivity contribution in [3.05, 3.63) is 76.4 Å². The molecule has 2 aliphatic carbocycles. The normalized spacial score (nSPS) is 18.2. The highest BCUT2D eigenvalue weighted by Gasteiger charge is 2.49. The first-order valence-corrected chi connectivity index (χ1v) is 7.00. The Kier molecular flexibility index (Phi) is 2.61. The summed E-state index contributed by atoms with van der Waals surface area (Å²) >= 11 is 0. The van der Waals surface area contributed by atoms with E-state index in [9.17, 15) is 9.90 Å². The maximum atomic E-state index is 11.2. The number of hydrogen-bond donors (Lipinski definition) is 1. The van der Waals surface area contributed by atoms with Crippen molar-refractivity contribution in [1.82, 2.24) is 0 Å². The van der Waals surface area contributed by atoms with E-state index in [4.69, 9.17) is 4.74 Å². The summed E-state index contributed by atoms with van der Waals surface area (Å²) in [4.78, 5) is 11.2. The fourth-order valence-electron chi connectivity index (χ4n) is 3.18. The van der Waals surface area contributed by atoms with Crippen LogP contribution in [0.25, 0.3) is 0 Å². The van der Waals surface area contributed by atoms with Gasteiger partial charge in [-0.2, -0.15) is 0 Å². The highest BCUT2D eigenvalue weighted by atomic mass is 16.5. The van der Waals surface area contributed by atoms with Crippen LogP contribution in [0.1, 0.15) is 22.6 Å². The zero-order valence-corrected chi connectivity index (χ0v) is 11.4. The van der Waals surface area contributed by atoms with E-state index in [-0.39, 0.29) is 5.92 Å². The number of ether oxygens (including phenoxy) is 1. The van der Waals surface area contributed by atoms with Gasteiger partial charge in [-0.15, -0.1) is 0 Å².